The van der Waals surface area contributed by atoms with Crippen molar-refractivity contribution in [1.29, 1.82) is 0 Å². The summed E-state index contributed by atoms with van der Waals surface area (Å²) in [6, 6.07) is 4.89. The molecule has 0 aliphatic carbocycles. The largest absolute Gasteiger partial charge is 0.471 e. The molecule has 1 aliphatic heterocycles. The average molecular weight is 478 g/mol. The molecule has 0 radical (unpaired) electrons. The number of piperazine rings is 1. The van der Waals surface area contributed by atoms with Crippen molar-refractivity contribution in [2.75, 3.05) is 37.0 Å². The van der Waals surface area contributed by atoms with Crippen molar-refractivity contribution in [2.45, 2.75) is 24.4 Å². The van der Waals surface area contributed by atoms with E-state index in [0.29, 0.717) is 11.3 Å². The Labute approximate surface area is 171 Å². The third kappa shape index (κ3) is 5.53. The maximum absolute atomic E-state index is 13.0. The number of amides is 1. The lowest BCUT2D eigenvalue weighted by Crippen LogP contribution is -2.56. The Bertz CT molecular complexity index is 944. The summed E-state index contributed by atoms with van der Waals surface area (Å²) in [6.45, 7) is 0.440. The zero-order valence-electron chi connectivity index (χ0n) is 15.3. The Morgan fingerprint density at radius 2 is 1.59 bits per heavy atom. The molecule has 0 bridgehead atoms. The zero-order valence-corrected chi connectivity index (χ0v) is 17.7. The molecule has 8 nitrogen and oxygen atoms in total. The van der Waals surface area contributed by atoms with E-state index in [1.54, 1.807) is 6.92 Å². The summed E-state index contributed by atoms with van der Waals surface area (Å²) in [6.07, 6.45) is -4.58. The molecular weight excluding hydrogens is 459 g/mol. The van der Waals surface area contributed by atoms with E-state index in [1.807, 2.05) is 0 Å². The van der Waals surface area contributed by atoms with Crippen LogP contribution in [0.1, 0.15) is 13.3 Å². The second-order valence-corrected chi connectivity index (χ2v) is 10.6. The second-order valence-electron chi connectivity index (χ2n) is 6.20. The lowest BCUT2D eigenvalue weighted by Gasteiger charge is -2.37. The number of carbonyl (C=O) groups is 1. The maximum Gasteiger partial charge on any atom is 0.471 e. The summed E-state index contributed by atoms with van der Waals surface area (Å²) >= 11 is 0. The van der Waals surface area contributed by atoms with Crippen LogP contribution in [-0.4, -0.2) is 70.8 Å². The Kier molecular flexibility index (Phi) is 7.08. The first kappa shape index (κ1) is 23.7. The van der Waals surface area contributed by atoms with Gasteiger partial charge in [0.25, 0.3) is 9.05 Å². The molecule has 1 amide bonds. The van der Waals surface area contributed by atoms with Crippen molar-refractivity contribution in [3.8, 4) is 0 Å². The predicted molar refractivity (Wildman–Crippen MR) is 100 cm³/mol. The summed E-state index contributed by atoms with van der Waals surface area (Å²) in [5.41, 5.74) is 0.185. The molecule has 164 valence electrons. The molecule has 0 unspecified atom stereocenters. The summed E-state index contributed by atoms with van der Waals surface area (Å²) in [5.74, 6) is -2.00. The van der Waals surface area contributed by atoms with Gasteiger partial charge < -0.3 is 4.90 Å². The van der Waals surface area contributed by atoms with Crippen molar-refractivity contribution >= 4 is 41.5 Å². The van der Waals surface area contributed by atoms with Gasteiger partial charge in [-0.05, 0) is 30.7 Å². The van der Waals surface area contributed by atoms with E-state index in [4.69, 9.17) is 10.7 Å². The molecule has 1 fully saturated rings. The fourth-order valence-electron chi connectivity index (χ4n) is 2.80. The smallest absolute Gasteiger partial charge is 0.332 e. The molecule has 2 rings (SSSR count). The Morgan fingerprint density at radius 1 is 1.07 bits per heavy atom. The highest BCUT2D eigenvalue weighted by Crippen LogP contribution is 2.26. The lowest BCUT2D eigenvalue weighted by atomic mass is 10.3. The first-order valence-electron chi connectivity index (χ1n) is 8.47. The van der Waals surface area contributed by atoms with Crippen LogP contribution in [0.3, 0.4) is 0 Å². The molecule has 29 heavy (non-hydrogen) atoms. The first-order valence-corrected chi connectivity index (χ1v) is 12.2. The van der Waals surface area contributed by atoms with Crippen LogP contribution in [0.4, 0.5) is 18.9 Å². The van der Waals surface area contributed by atoms with Gasteiger partial charge in [0.05, 0.1) is 10.6 Å². The number of anilines is 1. The average Bonchev–Trinajstić information content (AvgIpc) is 2.64. The van der Waals surface area contributed by atoms with Crippen LogP contribution >= 0.6 is 10.7 Å². The van der Waals surface area contributed by atoms with Crippen LogP contribution in [0.2, 0.25) is 0 Å². The molecule has 1 aliphatic rings. The van der Waals surface area contributed by atoms with Crippen LogP contribution in [0.5, 0.6) is 0 Å². The van der Waals surface area contributed by atoms with Crippen molar-refractivity contribution in [3.05, 3.63) is 24.3 Å². The number of nitrogens with zero attached hydrogens (tertiary/aromatic N) is 3. The summed E-state index contributed by atoms with van der Waals surface area (Å²) in [7, 11) is -2.83. The van der Waals surface area contributed by atoms with Crippen molar-refractivity contribution in [1.82, 2.24) is 9.21 Å². The highest BCUT2D eigenvalue weighted by atomic mass is 35.7. The van der Waals surface area contributed by atoms with Crippen LogP contribution in [-0.2, 0) is 24.1 Å². The maximum atomic E-state index is 13.0. The van der Waals surface area contributed by atoms with Gasteiger partial charge in [-0.25, -0.2) is 8.42 Å². The number of hydrogen-bond acceptors (Lipinski definition) is 5. The monoisotopic (exact) mass is 477 g/mol. The normalized spacial score (nSPS) is 16.7. The molecule has 0 aromatic heterocycles. The number of alkyl halides is 3. The van der Waals surface area contributed by atoms with E-state index < -0.39 is 31.3 Å². The van der Waals surface area contributed by atoms with Gasteiger partial charge in [0.15, 0.2) is 0 Å². The van der Waals surface area contributed by atoms with Crippen LogP contribution in [0, 0.1) is 0 Å². The Morgan fingerprint density at radius 3 is 2.00 bits per heavy atom. The van der Waals surface area contributed by atoms with E-state index in [9.17, 15) is 34.8 Å². The molecule has 1 heterocycles. The van der Waals surface area contributed by atoms with Crippen molar-refractivity contribution in [2.24, 2.45) is 0 Å². The van der Waals surface area contributed by atoms with Gasteiger partial charge in [0.2, 0.25) is 0 Å². The molecule has 14 heteroatoms. The molecule has 1 saturated heterocycles. The van der Waals surface area contributed by atoms with Gasteiger partial charge in [0.1, 0.15) is 0 Å². The van der Waals surface area contributed by atoms with Gasteiger partial charge >= 0.3 is 22.3 Å². The first-order chi connectivity index (χ1) is 13.3. The zero-order chi connectivity index (χ0) is 22.0. The molecule has 0 N–H and O–H groups in total. The minimum absolute atomic E-state index is 0.0665. The number of benzene rings is 1. The number of carbonyl (C=O) groups excluding carboxylic acids is 1. The highest BCUT2D eigenvalue weighted by molar-refractivity contribution is 8.13. The van der Waals surface area contributed by atoms with Crippen LogP contribution in [0.25, 0.3) is 0 Å². The molecule has 1 aromatic carbocycles. The lowest BCUT2D eigenvalue weighted by molar-refractivity contribution is -0.186. The van der Waals surface area contributed by atoms with Gasteiger partial charge in [0, 0.05) is 43.4 Å². The quantitative estimate of drug-likeness (QED) is 0.582. The molecule has 0 atom stereocenters. The SMILES string of the molecule is CCCN(c1ccc(S(=O)(=O)Cl)cc1)S(=O)(=O)N1CCN(C(=O)C(F)(F)F)CC1. The summed E-state index contributed by atoms with van der Waals surface area (Å²) < 4.78 is 88.4. The minimum Gasteiger partial charge on any atom is -0.332 e. The van der Waals surface area contributed by atoms with E-state index >= 15 is 0 Å². The van der Waals surface area contributed by atoms with E-state index in [2.05, 4.69) is 0 Å². The topological polar surface area (TPSA) is 95.1 Å². The molecule has 0 spiro atoms. The Balaban J connectivity index is 2.22. The van der Waals surface area contributed by atoms with Crippen LogP contribution < -0.4 is 4.31 Å². The fourth-order valence-corrected chi connectivity index (χ4v) is 5.27. The van der Waals surface area contributed by atoms with E-state index in [0.717, 1.165) is 20.7 Å². The number of halogens is 4. The minimum atomic E-state index is -5.01. The van der Waals surface area contributed by atoms with Gasteiger partial charge in [-0.15, -0.1) is 0 Å². The second kappa shape index (κ2) is 8.66. The van der Waals surface area contributed by atoms with Gasteiger partial charge in [-0.1, -0.05) is 6.92 Å². The van der Waals surface area contributed by atoms with Gasteiger partial charge in [-0.2, -0.15) is 25.9 Å². The predicted octanol–water partition coefficient (Wildman–Crippen LogP) is 1.78. The van der Waals surface area contributed by atoms with Crippen molar-refractivity contribution in [3.63, 3.8) is 0 Å². The van der Waals surface area contributed by atoms with Gasteiger partial charge in [-0.3, -0.25) is 9.10 Å². The summed E-state index contributed by atoms with van der Waals surface area (Å²) in [5, 5.41) is 0. The standard InChI is InChI=1S/C15H19ClF3N3O5S2/c1-2-7-22(12-3-5-13(6-4-12)28(16,24)25)29(26,27)21-10-8-20(9-11-21)14(23)15(17,18)19/h3-6H,2,7-11H2,1H3. The molecule has 0 saturated carbocycles. The third-order valence-corrected chi connectivity index (χ3v) is 7.54. The third-order valence-electron chi connectivity index (χ3n) is 4.21. The number of rotatable bonds is 6. The molecule has 1 aromatic rings. The van der Waals surface area contributed by atoms with E-state index in [-0.39, 0.29) is 43.3 Å². The fraction of sp³-hybridized carbons (Fsp3) is 0.533. The summed E-state index contributed by atoms with van der Waals surface area (Å²) in [4.78, 5) is 11.7. The van der Waals surface area contributed by atoms with E-state index in [1.165, 1.54) is 12.1 Å². The Hall–Kier alpha value is -1.57. The highest BCUT2D eigenvalue weighted by Gasteiger charge is 2.44. The van der Waals surface area contributed by atoms with Crippen molar-refractivity contribution < 1.29 is 34.8 Å². The molecular formula is C15H19ClF3N3O5S2. The number of hydrogen-bond donors (Lipinski definition) is 0. The van der Waals surface area contributed by atoms with Crippen LogP contribution in [0.15, 0.2) is 29.2 Å².